The van der Waals surface area contributed by atoms with Gasteiger partial charge in [-0.3, -0.25) is 13.9 Å². The lowest BCUT2D eigenvalue weighted by Crippen LogP contribution is -2.43. The molecule has 0 bridgehead atoms. The highest BCUT2D eigenvalue weighted by Crippen LogP contribution is 2.28. The number of hydrogen-bond donors (Lipinski definition) is 3. The number of fused-ring (bicyclic) bond motifs is 1. The second kappa shape index (κ2) is 6.95. The Labute approximate surface area is 155 Å². The summed E-state index contributed by atoms with van der Waals surface area (Å²) in [6.45, 7) is -0.936. The summed E-state index contributed by atoms with van der Waals surface area (Å²) in [7, 11) is 0. The summed E-state index contributed by atoms with van der Waals surface area (Å²) in [5, 5.41) is 33.0. The lowest BCUT2D eigenvalue weighted by atomic mass is 10.1. The fourth-order valence-corrected chi connectivity index (χ4v) is 3.25. The summed E-state index contributed by atoms with van der Waals surface area (Å²) in [6, 6.07) is 5.21. The van der Waals surface area contributed by atoms with Gasteiger partial charge in [-0.05, 0) is 12.1 Å². The van der Waals surface area contributed by atoms with Crippen LogP contribution in [0.4, 0.5) is 4.39 Å². The van der Waals surface area contributed by atoms with E-state index in [-0.39, 0.29) is 23.2 Å². The number of nitrogens with zero attached hydrogens (tertiary/aromatic N) is 3. The molecule has 0 saturated carbocycles. The number of aliphatic hydroxyl groups is 3. The van der Waals surface area contributed by atoms with Crippen molar-refractivity contribution in [1.29, 1.82) is 0 Å². The Balaban J connectivity index is 1.76. The van der Waals surface area contributed by atoms with Gasteiger partial charge < -0.3 is 24.6 Å². The van der Waals surface area contributed by atoms with Crippen molar-refractivity contribution in [3.05, 3.63) is 62.8 Å². The van der Waals surface area contributed by atoms with Crippen LogP contribution in [0.2, 0.25) is 0 Å². The van der Waals surface area contributed by atoms with Gasteiger partial charge in [0.2, 0.25) is 0 Å². The van der Waals surface area contributed by atoms with E-state index in [1.54, 1.807) is 0 Å². The minimum atomic E-state index is -1.49. The minimum absolute atomic E-state index is 0.0474. The van der Waals surface area contributed by atoms with E-state index in [1.807, 2.05) is 0 Å². The molecule has 11 heteroatoms. The third-order valence-electron chi connectivity index (χ3n) is 4.71. The topological polar surface area (TPSA) is 140 Å². The Bertz CT molecular complexity index is 1140. The highest BCUT2D eigenvalue weighted by molar-refractivity contribution is 5.79. The zero-order chi connectivity index (χ0) is 20.0. The molecule has 0 aliphatic carbocycles. The maximum absolute atomic E-state index is 14.1. The summed E-state index contributed by atoms with van der Waals surface area (Å²) in [5.41, 5.74) is -1.33. The molecule has 1 fully saturated rings. The molecule has 4 rings (SSSR count). The van der Waals surface area contributed by atoms with E-state index < -0.39 is 48.2 Å². The van der Waals surface area contributed by atoms with Gasteiger partial charge in [-0.2, -0.15) is 0 Å². The first-order chi connectivity index (χ1) is 13.4. The van der Waals surface area contributed by atoms with Crippen molar-refractivity contribution in [3.8, 4) is 0 Å². The van der Waals surface area contributed by atoms with Crippen LogP contribution in [0.3, 0.4) is 0 Å². The Morgan fingerprint density at radius 3 is 2.68 bits per heavy atom. The number of aromatic nitrogens is 3. The summed E-state index contributed by atoms with van der Waals surface area (Å²) in [4.78, 5) is 25.0. The average Bonchev–Trinajstić information content (AvgIpc) is 3.22. The van der Waals surface area contributed by atoms with Gasteiger partial charge in [0, 0.05) is 12.3 Å². The molecule has 1 aromatic carbocycles. The maximum atomic E-state index is 14.1. The van der Waals surface area contributed by atoms with E-state index in [4.69, 9.17) is 9.26 Å². The van der Waals surface area contributed by atoms with Crippen molar-refractivity contribution in [2.24, 2.45) is 0 Å². The predicted molar refractivity (Wildman–Crippen MR) is 91.0 cm³/mol. The first-order valence-corrected chi connectivity index (χ1v) is 8.39. The van der Waals surface area contributed by atoms with Crippen LogP contribution in [0.5, 0.6) is 0 Å². The van der Waals surface area contributed by atoms with Crippen molar-refractivity contribution in [1.82, 2.24) is 14.3 Å². The summed E-state index contributed by atoms with van der Waals surface area (Å²) < 4.78 is 26.2. The lowest BCUT2D eigenvalue weighted by molar-refractivity contribution is -0.0555. The number of ether oxygens (including phenoxy) is 1. The monoisotopic (exact) mass is 393 g/mol. The summed E-state index contributed by atoms with van der Waals surface area (Å²) in [5.74, 6) is -0.610. The van der Waals surface area contributed by atoms with Gasteiger partial charge in [0.15, 0.2) is 11.8 Å². The normalized spacial score (nSPS) is 24.9. The molecule has 4 atom stereocenters. The van der Waals surface area contributed by atoms with E-state index in [2.05, 4.69) is 5.16 Å². The number of aliphatic hydroxyl groups excluding tert-OH is 3. The van der Waals surface area contributed by atoms with Crippen molar-refractivity contribution < 1.29 is 29.0 Å². The van der Waals surface area contributed by atoms with E-state index in [0.29, 0.717) is 0 Å². The number of rotatable bonds is 4. The first kappa shape index (κ1) is 18.5. The summed E-state index contributed by atoms with van der Waals surface area (Å²) in [6.07, 6.45) is -4.18. The highest BCUT2D eigenvalue weighted by Gasteiger charge is 2.43. The molecule has 1 saturated heterocycles. The lowest BCUT2D eigenvalue weighted by Gasteiger charge is -2.18. The van der Waals surface area contributed by atoms with E-state index in [1.165, 1.54) is 18.2 Å². The molecule has 0 amide bonds. The van der Waals surface area contributed by atoms with Crippen molar-refractivity contribution in [3.63, 3.8) is 0 Å². The predicted octanol–water partition coefficient (Wildman–Crippen LogP) is -1.05. The van der Waals surface area contributed by atoms with Crippen LogP contribution in [0.1, 0.15) is 11.9 Å². The second-order valence-corrected chi connectivity index (χ2v) is 6.40. The largest absolute Gasteiger partial charge is 0.394 e. The zero-order valence-electron chi connectivity index (χ0n) is 14.3. The maximum Gasteiger partial charge on any atom is 0.333 e. The minimum Gasteiger partial charge on any atom is -0.394 e. The number of hydrogen-bond acceptors (Lipinski definition) is 8. The molecule has 148 valence electrons. The van der Waals surface area contributed by atoms with E-state index in [9.17, 15) is 29.3 Å². The van der Waals surface area contributed by atoms with Crippen molar-refractivity contribution in [2.75, 3.05) is 6.61 Å². The second-order valence-electron chi connectivity index (χ2n) is 6.40. The zero-order valence-corrected chi connectivity index (χ0v) is 14.3. The molecular formula is C17H16FN3O7. The fraction of sp³-hybridized carbons (Fsp3) is 0.353. The smallest absolute Gasteiger partial charge is 0.333 e. The first-order valence-electron chi connectivity index (χ1n) is 8.39. The Hall–Kier alpha value is -2.86. The van der Waals surface area contributed by atoms with Gasteiger partial charge >= 0.3 is 5.69 Å². The van der Waals surface area contributed by atoms with Crippen LogP contribution >= 0.6 is 0 Å². The van der Waals surface area contributed by atoms with Crippen LogP contribution < -0.4 is 11.2 Å². The third kappa shape index (κ3) is 2.85. The molecule has 3 N–H and O–H groups in total. The van der Waals surface area contributed by atoms with E-state index in [0.717, 1.165) is 21.4 Å². The molecule has 0 unspecified atom stereocenters. The van der Waals surface area contributed by atoms with Gasteiger partial charge in [-0.15, -0.1) is 0 Å². The van der Waals surface area contributed by atoms with Crippen molar-refractivity contribution in [2.45, 2.75) is 31.1 Å². The molecule has 1 aliphatic heterocycles. The fourth-order valence-electron chi connectivity index (χ4n) is 3.25. The molecule has 3 aromatic rings. The molecule has 1 aliphatic rings. The van der Waals surface area contributed by atoms with Crippen molar-refractivity contribution >= 4 is 11.0 Å². The average molecular weight is 393 g/mol. The standard InChI is InChI=1S/C17H16FN3O7/c18-8-2-1-3-10-13(8)9(19-28-10)6-21-12(23)4-5-20(17(21)26)16-15(25)14(24)11(7-22)27-16/h1-5,11,14-16,22,24-25H,6-7H2/t11-,14+,15+,16-/m1/s1. The van der Waals surface area contributed by atoms with Crippen LogP contribution in [0.15, 0.2) is 44.6 Å². The summed E-state index contributed by atoms with van der Waals surface area (Å²) >= 11 is 0. The number of benzene rings is 1. The van der Waals surface area contributed by atoms with Gasteiger partial charge in [0.05, 0.1) is 18.5 Å². The molecule has 10 nitrogen and oxygen atoms in total. The van der Waals surface area contributed by atoms with Crippen LogP contribution in [0, 0.1) is 5.82 Å². The van der Waals surface area contributed by atoms with Gasteiger partial charge in [0.1, 0.15) is 29.8 Å². The Morgan fingerprint density at radius 1 is 1.18 bits per heavy atom. The number of halogens is 1. The SMILES string of the molecule is O=c1ccn([C@@H]2O[C@H](CO)[C@H](O)[C@@H]2O)c(=O)n1Cc1noc2cccc(F)c12. The molecule has 2 aromatic heterocycles. The molecule has 0 radical (unpaired) electrons. The molecule has 28 heavy (non-hydrogen) atoms. The van der Waals surface area contributed by atoms with Crippen LogP contribution in [0.25, 0.3) is 11.0 Å². The quantitative estimate of drug-likeness (QED) is 0.510. The molecular weight excluding hydrogens is 377 g/mol. The third-order valence-corrected chi connectivity index (χ3v) is 4.71. The van der Waals surface area contributed by atoms with Crippen LogP contribution in [-0.2, 0) is 11.3 Å². The van der Waals surface area contributed by atoms with Gasteiger partial charge in [0.25, 0.3) is 5.56 Å². The molecule has 3 heterocycles. The highest BCUT2D eigenvalue weighted by atomic mass is 19.1. The van der Waals surface area contributed by atoms with Gasteiger partial charge in [-0.1, -0.05) is 11.2 Å². The van der Waals surface area contributed by atoms with Crippen LogP contribution in [-0.4, -0.2) is 54.5 Å². The Kier molecular flexibility index (Phi) is 4.59. The van der Waals surface area contributed by atoms with Gasteiger partial charge in [-0.25, -0.2) is 9.18 Å². The van der Waals surface area contributed by atoms with E-state index >= 15 is 0 Å². The Morgan fingerprint density at radius 2 is 1.96 bits per heavy atom. The molecule has 0 spiro atoms.